The summed E-state index contributed by atoms with van der Waals surface area (Å²) in [5.74, 6) is -0.180. The number of unbranched alkanes of at least 4 members (excludes halogenated alkanes) is 2. The molecule has 134 valence electrons. The smallest absolute Gasteiger partial charge is 0.326 e. The van der Waals surface area contributed by atoms with Crippen molar-refractivity contribution < 1.29 is 19.4 Å². The van der Waals surface area contributed by atoms with Gasteiger partial charge in [-0.3, -0.25) is 4.79 Å². The van der Waals surface area contributed by atoms with Crippen molar-refractivity contribution >= 4 is 23.5 Å². The molecule has 0 bridgehead atoms. The first-order valence-electron chi connectivity index (χ1n) is 8.11. The number of carbonyl (C=O) groups excluding carboxylic acids is 1. The van der Waals surface area contributed by atoms with E-state index in [9.17, 15) is 14.7 Å². The summed E-state index contributed by atoms with van der Waals surface area (Å²) >= 11 is 5.59. The number of carbonyl (C=O) groups is 2. The molecular formula is C17H25ClN2O4. The average Bonchev–Trinajstić information content (AvgIpc) is 2.58. The second kappa shape index (κ2) is 11.7. The molecule has 4 N–H and O–H groups in total. The Morgan fingerprint density at radius 1 is 1.17 bits per heavy atom. The van der Waals surface area contributed by atoms with E-state index >= 15 is 0 Å². The number of nitrogens with one attached hydrogen (secondary N) is 1. The molecule has 6 nitrogen and oxygen atoms in total. The molecule has 1 aromatic rings. The van der Waals surface area contributed by atoms with Crippen molar-refractivity contribution in [3.63, 3.8) is 0 Å². The Labute approximate surface area is 147 Å². The molecule has 0 unspecified atom stereocenters. The highest BCUT2D eigenvalue weighted by atomic mass is 35.5. The monoisotopic (exact) mass is 356 g/mol. The summed E-state index contributed by atoms with van der Waals surface area (Å²) < 4.78 is 5.53. The lowest BCUT2D eigenvalue weighted by molar-refractivity contribution is -0.139. The second-order valence-electron chi connectivity index (χ2n) is 5.42. The van der Waals surface area contributed by atoms with Gasteiger partial charge in [0.25, 0.3) is 5.91 Å². The van der Waals surface area contributed by atoms with Crippen LogP contribution in [-0.2, 0) is 4.79 Å². The van der Waals surface area contributed by atoms with Gasteiger partial charge in [0.2, 0.25) is 0 Å². The predicted molar refractivity (Wildman–Crippen MR) is 93.7 cm³/mol. The quantitative estimate of drug-likeness (QED) is 0.394. The highest BCUT2D eigenvalue weighted by Crippen LogP contribution is 2.13. The molecule has 0 spiro atoms. The minimum atomic E-state index is -1.04. The van der Waals surface area contributed by atoms with Crippen LogP contribution in [0.3, 0.4) is 0 Å². The minimum absolute atomic E-state index is 0.361. The van der Waals surface area contributed by atoms with E-state index in [0.29, 0.717) is 43.2 Å². The van der Waals surface area contributed by atoms with Gasteiger partial charge in [0.05, 0.1) is 6.61 Å². The van der Waals surface area contributed by atoms with E-state index in [4.69, 9.17) is 22.1 Å². The molecule has 7 heteroatoms. The van der Waals surface area contributed by atoms with Crippen LogP contribution in [-0.4, -0.2) is 42.1 Å². The lowest BCUT2D eigenvalue weighted by Crippen LogP contribution is -2.40. The standard InChI is InChI=1S/C17H25ClN2O4/c18-10-2-4-12-24-14-8-6-13(7-9-14)16(21)20-15(17(22)23)5-1-3-11-19/h6-9,15H,1-5,10-12,19H2,(H,20,21)(H,22,23)/t15-/m0/s1. The Bertz CT molecular complexity index is 508. The molecule has 1 rings (SSSR count). The summed E-state index contributed by atoms with van der Waals surface area (Å²) in [6.07, 6.45) is 3.51. The summed E-state index contributed by atoms with van der Waals surface area (Å²) in [6.45, 7) is 1.08. The van der Waals surface area contributed by atoms with E-state index in [1.807, 2.05) is 0 Å². The van der Waals surface area contributed by atoms with Crippen molar-refractivity contribution in [3.05, 3.63) is 29.8 Å². The molecule has 0 aliphatic carbocycles. The number of rotatable bonds is 12. The third kappa shape index (κ3) is 7.66. The largest absolute Gasteiger partial charge is 0.494 e. The highest BCUT2D eigenvalue weighted by Gasteiger charge is 2.20. The fraction of sp³-hybridized carbons (Fsp3) is 0.529. The van der Waals surface area contributed by atoms with E-state index in [2.05, 4.69) is 5.32 Å². The molecule has 1 amide bonds. The van der Waals surface area contributed by atoms with Gasteiger partial charge in [0, 0.05) is 11.4 Å². The fourth-order valence-electron chi connectivity index (χ4n) is 2.08. The zero-order valence-corrected chi connectivity index (χ0v) is 14.4. The number of nitrogens with two attached hydrogens (primary N) is 1. The Morgan fingerprint density at radius 3 is 2.46 bits per heavy atom. The van der Waals surface area contributed by atoms with Crippen molar-refractivity contribution in [2.24, 2.45) is 5.73 Å². The number of hydrogen-bond acceptors (Lipinski definition) is 4. The van der Waals surface area contributed by atoms with Crippen molar-refractivity contribution in [2.75, 3.05) is 19.0 Å². The summed E-state index contributed by atoms with van der Waals surface area (Å²) in [6, 6.07) is 5.71. The van der Waals surface area contributed by atoms with Crippen molar-refractivity contribution in [2.45, 2.75) is 38.1 Å². The predicted octanol–water partition coefficient (Wildman–Crippen LogP) is 2.40. The summed E-state index contributed by atoms with van der Waals surface area (Å²) in [5.41, 5.74) is 5.79. The number of carboxylic acid groups (broad SMARTS) is 1. The van der Waals surface area contributed by atoms with Crippen LogP contribution in [0.2, 0.25) is 0 Å². The van der Waals surface area contributed by atoms with Gasteiger partial charge in [-0.2, -0.15) is 0 Å². The lowest BCUT2D eigenvalue weighted by atomic mass is 10.1. The Balaban J connectivity index is 2.52. The van der Waals surface area contributed by atoms with Crippen LogP contribution in [0, 0.1) is 0 Å². The maximum atomic E-state index is 12.1. The van der Waals surface area contributed by atoms with E-state index in [0.717, 1.165) is 19.3 Å². The number of amides is 1. The molecule has 0 aromatic heterocycles. The molecule has 0 fully saturated rings. The number of aliphatic carboxylic acids is 1. The number of ether oxygens (including phenoxy) is 1. The number of alkyl halides is 1. The molecule has 0 saturated carbocycles. The molecule has 0 saturated heterocycles. The lowest BCUT2D eigenvalue weighted by Gasteiger charge is -2.14. The number of hydrogen-bond donors (Lipinski definition) is 3. The maximum absolute atomic E-state index is 12.1. The van der Waals surface area contributed by atoms with Crippen LogP contribution < -0.4 is 15.8 Å². The van der Waals surface area contributed by atoms with Crippen LogP contribution >= 0.6 is 11.6 Å². The van der Waals surface area contributed by atoms with E-state index in [1.165, 1.54) is 0 Å². The first kappa shape index (κ1) is 20.3. The molecule has 1 atom stereocenters. The van der Waals surface area contributed by atoms with E-state index in [1.54, 1.807) is 24.3 Å². The first-order valence-corrected chi connectivity index (χ1v) is 8.64. The van der Waals surface area contributed by atoms with E-state index in [-0.39, 0.29) is 0 Å². The molecule has 0 aliphatic rings. The van der Waals surface area contributed by atoms with Crippen molar-refractivity contribution in [3.8, 4) is 5.75 Å². The van der Waals surface area contributed by atoms with Gasteiger partial charge in [0.1, 0.15) is 11.8 Å². The molecule has 1 aromatic carbocycles. The van der Waals surface area contributed by atoms with Gasteiger partial charge in [-0.1, -0.05) is 0 Å². The van der Waals surface area contributed by atoms with E-state index < -0.39 is 17.9 Å². The Morgan fingerprint density at radius 2 is 1.88 bits per heavy atom. The van der Waals surface area contributed by atoms with Gasteiger partial charge in [-0.15, -0.1) is 11.6 Å². The molecule has 0 aliphatic heterocycles. The highest BCUT2D eigenvalue weighted by molar-refractivity contribution is 6.17. The van der Waals surface area contributed by atoms with Crippen LogP contribution in [0.1, 0.15) is 42.5 Å². The van der Waals surface area contributed by atoms with Gasteiger partial charge in [0.15, 0.2) is 0 Å². The number of benzene rings is 1. The molecule has 0 heterocycles. The minimum Gasteiger partial charge on any atom is -0.494 e. The van der Waals surface area contributed by atoms with Crippen molar-refractivity contribution in [1.29, 1.82) is 0 Å². The van der Waals surface area contributed by atoms with Crippen LogP contribution in [0.25, 0.3) is 0 Å². The average molecular weight is 357 g/mol. The van der Waals surface area contributed by atoms with Crippen LogP contribution in [0.4, 0.5) is 0 Å². The maximum Gasteiger partial charge on any atom is 0.326 e. The first-order chi connectivity index (χ1) is 11.6. The zero-order chi connectivity index (χ0) is 17.8. The summed E-state index contributed by atoms with van der Waals surface area (Å²) in [7, 11) is 0. The molecular weight excluding hydrogens is 332 g/mol. The number of carboxylic acids is 1. The Hall–Kier alpha value is -1.79. The molecule has 24 heavy (non-hydrogen) atoms. The van der Waals surface area contributed by atoms with Crippen LogP contribution in [0.5, 0.6) is 5.75 Å². The second-order valence-corrected chi connectivity index (χ2v) is 5.80. The Kier molecular flexibility index (Phi) is 9.88. The third-order valence-electron chi connectivity index (χ3n) is 3.46. The van der Waals surface area contributed by atoms with Gasteiger partial charge >= 0.3 is 5.97 Å². The summed E-state index contributed by atoms with van der Waals surface area (Å²) in [4.78, 5) is 23.4. The molecule has 0 radical (unpaired) electrons. The zero-order valence-electron chi connectivity index (χ0n) is 13.7. The van der Waals surface area contributed by atoms with Gasteiger partial charge < -0.3 is 20.9 Å². The van der Waals surface area contributed by atoms with Crippen LogP contribution in [0.15, 0.2) is 24.3 Å². The van der Waals surface area contributed by atoms with Gasteiger partial charge in [-0.25, -0.2) is 4.79 Å². The summed E-state index contributed by atoms with van der Waals surface area (Å²) in [5, 5.41) is 11.7. The van der Waals surface area contributed by atoms with Crippen molar-refractivity contribution in [1.82, 2.24) is 5.32 Å². The SMILES string of the molecule is NCCCC[C@H](NC(=O)c1ccc(OCCCCCl)cc1)C(=O)O. The van der Waals surface area contributed by atoms with Gasteiger partial charge in [-0.05, 0) is 62.9 Å². The third-order valence-corrected chi connectivity index (χ3v) is 3.73. The fourth-order valence-corrected chi connectivity index (χ4v) is 2.27. The normalized spacial score (nSPS) is 11.8. The number of halogens is 1. The topological polar surface area (TPSA) is 102 Å².